The van der Waals surface area contributed by atoms with E-state index in [1.165, 1.54) is 31.5 Å². The van der Waals surface area contributed by atoms with Crippen LogP contribution in [-0.4, -0.2) is 11.5 Å². The highest BCUT2D eigenvalue weighted by atomic mass is 19.1. The predicted octanol–water partition coefficient (Wildman–Crippen LogP) is 3.07. The molecule has 15 heavy (non-hydrogen) atoms. The topological polar surface area (TPSA) is 24.9 Å². The van der Waals surface area contributed by atoms with E-state index >= 15 is 0 Å². The fourth-order valence-corrected chi connectivity index (χ4v) is 2.29. The summed E-state index contributed by atoms with van der Waals surface area (Å²) in [6.07, 6.45) is 5.45. The van der Waals surface area contributed by atoms with Crippen LogP contribution in [0.15, 0.2) is 18.3 Å². The van der Waals surface area contributed by atoms with Crippen LogP contribution < -0.4 is 5.32 Å². The number of hydrogen-bond acceptors (Lipinski definition) is 2. The van der Waals surface area contributed by atoms with E-state index in [1.54, 1.807) is 0 Å². The van der Waals surface area contributed by atoms with E-state index in [2.05, 4.69) is 17.2 Å². The number of nitrogens with zero attached hydrogens (tertiary/aromatic N) is 1. The number of halogens is 1. The van der Waals surface area contributed by atoms with Gasteiger partial charge in [0.25, 0.3) is 0 Å². The maximum Gasteiger partial charge on any atom is 0.214 e. The van der Waals surface area contributed by atoms with Gasteiger partial charge in [0.05, 0.1) is 0 Å². The van der Waals surface area contributed by atoms with Crippen LogP contribution in [-0.2, 0) is 0 Å². The summed E-state index contributed by atoms with van der Waals surface area (Å²) in [6, 6.07) is 3.25. The standard InChI is InChI=1S/C12H17FN2/c1-9-3-2-4-10(9)8-15-11-5-6-14-12(13)7-11/h5-7,9-10H,2-4,8H2,1H3,(H,14,15). The van der Waals surface area contributed by atoms with Gasteiger partial charge < -0.3 is 5.32 Å². The fourth-order valence-electron chi connectivity index (χ4n) is 2.29. The lowest BCUT2D eigenvalue weighted by molar-refractivity contribution is 0.439. The van der Waals surface area contributed by atoms with Crippen molar-refractivity contribution < 1.29 is 4.39 Å². The normalized spacial score (nSPS) is 25.5. The van der Waals surface area contributed by atoms with Gasteiger partial charge in [-0.3, -0.25) is 0 Å². The summed E-state index contributed by atoms with van der Waals surface area (Å²) in [5.74, 6) is 1.12. The quantitative estimate of drug-likeness (QED) is 0.772. The monoisotopic (exact) mass is 208 g/mol. The predicted molar refractivity (Wildman–Crippen MR) is 59.2 cm³/mol. The van der Waals surface area contributed by atoms with Crippen molar-refractivity contribution in [2.45, 2.75) is 26.2 Å². The van der Waals surface area contributed by atoms with Gasteiger partial charge >= 0.3 is 0 Å². The van der Waals surface area contributed by atoms with Gasteiger partial charge in [-0.25, -0.2) is 4.98 Å². The zero-order valence-corrected chi connectivity index (χ0v) is 9.04. The molecule has 0 radical (unpaired) electrons. The molecule has 2 rings (SSSR count). The third kappa shape index (κ3) is 2.67. The van der Waals surface area contributed by atoms with Crippen LogP contribution >= 0.6 is 0 Å². The van der Waals surface area contributed by atoms with Crippen molar-refractivity contribution in [2.24, 2.45) is 11.8 Å². The van der Waals surface area contributed by atoms with E-state index in [0.29, 0.717) is 0 Å². The lowest BCUT2D eigenvalue weighted by atomic mass is 9.98. The summed E-state index contributed by atoms with van der Waals surface area (Å²) < 4.78 is 12.8. The van der Waals surface area contributed by atoms with E-state index < -0.39 is 5.95 Å². The Morgan fingerprint density at radius 3 is 3.07 bits per heavy atom. The molecular weight excluding hydrogens is 191 g/mol. The summed E-state index contributed by atoms with van der Waals surface area (Å²) in [5, 5.41) is 3.28. The van der Waals surface area contributed by atoms with Crippen LogP contribution in [0.3, 0.4) is 0 Å². The molecule has 1 aliphatic rings. The summed E-state index contributed by atoms with van der Waals surface area (Å²) in [5.41, 5.74) is 0.835. The summed E-state index contributed by atoms with van der Waals surface area (Å²) in [4.78, 5) is 3.53. The van der Waals surface area contributed by atoms with Gasteiger partial charge in [-0.05, 0) is 24.3 Å². The van der Waals surface area contributed by atoms with Gasteiger partial charge in [-0.15, -0.1) is 0 Å². The molecule has 82 valence electrons. The van der Waals surface area contributed by atoms with Crippen molar-refractivity contribution in [1.82, 2.24) is 4.98 Å². The average molecular weight is 208 g/mol. The van der Waals surface area contributed by atoms with Crippen molar-refractivity contribution >= 4 is 5.69 Å². The largest absolute Gasteiger partial charge is 0.385 e. The zero-order valence-electron chi connectivity index (χ0n) is 9.04. The van der Waals surface area contributed by atoms with Gasteiger partial charge in [0.15, 0.2) is 0 Å². The first-order valence-corrected chi connectivity index (χ1v) is 5.61. The van der Waals surface area contributed by atoms with E-state index in [1.807, 2.05) is 6.07 Å². The second-order valence-electron chi connectivity index (χ2n) is 4.42. The van der Waals surface area contributed by atoms with Gasteiger partial charge in [0.2, 0.25) is 5.95 Å². The van der Waals surface area contributed by atoms with Gasteiger partial charge in [-0.2, -0.15) is 4.39 Å². The first-order valence-electron chi connectivity index (χ1n) is 5.61. The third-order valence-corrected chi connectivity index (χ3v) is 3.33. The Hall–Kier alpha value is -1.12. The number of rotatable bonds is 3. The van der Waals surface area contributed by atoms with Crippen molar-refractivity contribution in [3.63, 3.8) is 0 Å². The Balaban J connectivity index is 1.87. The minimum atomic E-state index is -0.417. The molecule has 2 atom stereocenters. The smallest absolute Gasteiger partial charge is 0.214 e. The molecule has 2 nitrogen and oxygen atoms in total. The molecule has 1 saturated carbocycles. The molecule has 1 heterocycles. The molecule has 1 N–H and O–H groups in total. The van der Waals surface area contributed by atoms with Crippen molar-refractivity contribution in [2.75, 3.05) is 11.9 Å². The highest BCUT2D eigenvalue weighted by Gasteiger charge is 2.22. The number of hydrogen-bond donors (Lipinski definition) is 1. The zero-order chi connectivity index (χ0) is 10.7. The molecule has 1 aromatic heterocycles. The summed E-state index contributed by atoms with van der Waals surface area (Å²) >= 11 is 0. The number of nitrogens with one attached hydrogen (secondary N) is 1. The molecule has 0 amide bonds. The maximum atomic E-state index is 12.8. The minimum absolute atomic E-state index is 0.417. The van der Waals surface area contributed by atoms with Gasteiger partial charge in [0.1, 0.15) is 0 Å². The minimum Gasteiger partial charge on any atom is -0.385 e. The molecule has 0 saturated heterocycles. The highest BCUT2D eigenvalue weighted by Crippen LogP contribution is 2.31. The van der Waals surface area contributed by atoms with Gasteiger partial charge in [-0.1, -0.05) is 19.8 Å². The molecule has 1 fully saturated rings. The van der Waals surface area contributed by atoms with E-state index in [0.717, 1.165) is 24.1 Å². The van der Waals surface area contributed by atoms with Crippen LogP contribution in [0, 0.1) is 17.8 Å². The van der Waals surface area contributed by atoms with E-state index in [-0.39, 0.29) is 0 Å². The molecule has 0 bridgehead atoms. The van der Waals surface area contributed by atoms with Crippen molar-refractivity contribution in [3.05, 3.63) is 24.3 Å². The van der Waals surface area contributed by atoms with E-state index in [9.17, 15) is 4.39 Å². The lowest BCUT2D eigenvalue weighted by Crippen LogP contribution is -2.16. The molecule has 1 aromatic rings. The van der Waals surface area contributed by atoms with Crippen LogP contribution in [0.5, 0.6) is 0 Å². The molecule has 3 heteroatoms. The average Bonchev–Trinajstić information content (AvgIpc) is 2.61. The Bertz CT molecular complexity index is 327. The van der Waals surface area contributed by atoms with Crippen molar-refractivity contribution in [1.29, 1.82) is 0 Å². The molecule has 0 aromatic carbocycles. The Labute approximate surface area is 89.9 Å². The third-order valence-electron chi connectivity index (χ3n) is 3.33. The Kier molecular flexibility index (Phi) is 3.19. The second kappa shape index (κ2) is 4.60. The van der Waals surface area contributed by atoms with Crippen LogP contribution in [0.2, 0.25) is 0 Å². The molecular formula is C12H17FN2. The Morgan fingerprint density at radius 2 is 2.40 bits per heavy atom. The molecule has 0 spiro atoms. The van der Waals surface area contributed by atoms with Crippen LogP contribution in [0.1, 0.15) is 26.2 Å². The number of aromatic nitrogens is 1. The number of anilines is 1. The first-order chi connectivity index (χ1) is 7.25. The first kappa shape index (κ1) is 10.4. The summed E-state index contributed by atoms with van der Waals surface area (Å²) in [6.45, 7) is 3.25. The van der Waals surface area contributed by atoms with E-state index in [4.69, 9.17) is 0 Å². The molecule has 2 unspecified atom stereocenters. The molecule has 0 aliphatic heterocycles. The van der Waals surface area contributed by atoms with Crippen LogP contribution in [0.4, 0.5) is 10.1 Å². The molecule has 1 aliphatic carbocycles. The lowest BCUT2D eigenvalue weighted by Gasteiger charge is -2.16. The summed E-state index contributed by atoms with van der Waals surface area (Å²) in [7, 11) is 0. The fraction of sp³-hybridized carbons (Fsp3) is 0.583. The van der Waals surface area contributed by atoms with Crippen LogP contribution in [0.25, 0.3) is 0 Å². The highest BCUT2D eigenvalue weighted by molar-refractivity contribution is 5.41. The van der Waals surface area contributed by atoms with Gasteiger partial charge in [0, 0.05) is 24.5 Å². The number of pyridine rings is 1. The maximum absolute atomic E-state index is 12.8. The SMILES string of the molecule is CC1CCCC1CNc1ccnc(F)c1. The second-order valence-corrected chi connectivity index (χ2v) is 4.42. The van der Waals surface area contributed by atoms with Crippen molar-refractivity contribution in [3.8, 4) is 0 Å². The Morgan fingerprint density at radius 1 is 1.53 bits per heavy atom.